The van der Waals surface area contributed by atoms with Gasteiger partial charge in [-0.2, -0.15) is 0 Å². The van der Waals surface area contributed by atoms with E-state index in [2.05, 4.69) is 44.3 Å². The number of benzene rings is 1. The van der Waals surface area contributed by atoms with Gasteiger partial charge in [0.1, 0.15) is 5.75 Å². The number of hydrogen-bond acceptors (Lipinski definition) is 6. The fourth-order valence-electron chi connectivity index (χ4n) is 4.03. The average molecular weight is 415 g/mol. The quantitative estimate of drug-likeness (QED) is 0.725. The number of carbonyl (C=O) groups excluding carboxylic acids is 1. The highest BCUT2D eigenvalue weighted by Gasteiger charge is 2.25. The van der Waals surface area contributed by atoms with E-state index < -0.39 is 0 Å². The summed E-state index contributed by atoms with van der Waals surface area (Å²) in [5, 5.41) is 2.13. The summed E-state index contributed by atoms with van der Waals surface area (Å²) in [5.41, 5.74) is 1.22. The summed E-state index contributed by atoms with van der Waals surface area (Å²) >= 11 is 1.81. The van der Waals surface area contributed by atoms with Gasteiger partial charge >= 0.3 is 0 Å². The third kappa shape index (κ3) is 5.29. The van der Waals surface area contributed by atoms with Gasteiger partial charge in [-0.3, -0.25) is 14.6 Å². The summed E-state index contributed by atoms with van der Waals surface area (Å²) < 4.78 is 5.24. The molecule has 7 heteroatoms. The molecule has 2 aliphatic heterocycles. The Balaban J connectivity index is 1.19. The van der Waals surface area contributed by atoms with Gasteiger partial charge in [0.05, 0.1) is 13.7 Å². The van der Waals surface area contributed by atoms with E-state index in [1.807, 2.05) is 28.4 Å². The molecule has 29 heavy (non-hydrogen) atoms. The van der Waals surface area contributed by atoms with Crippen molar-refractivity contribution in [2.24, 2.45) is 0 Å². The second-order valence-corrected chi connectivity index (χ2v) is 8.73. The van der Waals surface area contributed by atoms with E-state index >= 15 is 0 Å². The highest BCUT2D eigenvalue weighted by molar-refractivity contribution is 7.09. The molecule has 0 N–H and O–H groups in total. The van der Waals surface area contributed by atoms with Crippen molar-refractivity contribution in [1.29, 1.82) is 0 Å². The highest BCUT2D eigenvalue weighted by Crippen LogP contribution is 2.20. The number of amides is 1. The Kier molecular flexibility index (Phi) is 6.69. The second kappa shape index (κ2) is 9.61. The fourth-order valence-corrected chi connectivity index (χ4v) is 4.77. The maximum atomic E-state index is 12.8. The molecule has 1 aromatic carbocycles. The summed E-state index contributed by atoms with van der Waals surface area (Å²) in [6.45, 7) is 8.93. The Morgan fingerprint density at radius 3 is 2.24 bits per heavy atom. The third-order valence-corrected chi connectivity index (χ3v) is 6.71. The first kappa shape index (κ1) is 20.2. The number of hydrogen-bond donors (Lipinski definition) is 0. The van der Waals surface area contributed by atoms with Crippen molar-refractivity contribution in [3.05, 3.63) is 46.7 Å². The van der Waals surface area contributed by atoms with Crippen LogP contribution in [0.3, 0.4) is 0 Å². The van der Waals surface area contributed by atoms with Crippen LogP contribution < -0.4 is 9.64 Å². The maximum Gasteiger partial charge on any atom is 0.236 e. The summed E-state index contributed by atoms with van der Waals surface area (Å²) in [4.78, 5) is 23.3. The molecule has 2 saturated heterocycles. The number of nitrogens with zero attached hydrogens (tertiary/aromatic N) is 4. The second-order valence-electron chi connectivity index (χ2n) is 7.70. The smallest absolute Gasteiger partial charge is 0.236 e. The van der Waals surface area contributed by atoms with Gasteiger partial charge in [-0.05, 0) is 35.7 Å². The topological polar surface area (TPSA) is 39.3 Å². The molecular formula is C22H30N4O2S. The molecular weight excluding hydrogens is 384 g/mol. The fraction of sp³-hybridized carbons (Fsp3) is 0.500. The van der Waals surface area contributed by atoms with E-state index in [1.165, 1.54) is 10.6 Å². The minimum Gasteiger partial charge on any atom is -0.497 e. The molecule has 1 aromatic heterocycles. The lowest BCUT2D eigenvalue weighted by molar-refractivity contribution is -0.134. The molecule has 0 saturated carbocycles. The molecule has 0 unspecified atom stereocenters. The first-order chi connectivity index (χ1) is 14.2. The van der Waals surface area contributed by atoms with Crippen LogP contribution in [0, 0.1) is 0 Å². The van der Waals surface area contributed by atoms with Gasteiger partial charge in [-0.15, -0.1) is 11.3 Å². The van der Waals surface area contributed by atoms with Crippen LogP contribution >= 0.6 is 11.3 Å². The zero-order chi connectivity index (χ0) is 20.1. The first-order valence-corrected chi connectivity index (χ1v) is 11.2. The highest BCUT2D eigenvalue weighted by atomic mass is 32.1. The molecule has 156 valence electrons. The Morgan fingerprint density at radius 2 is 1.62 bits per heavy atom. The van der Waals surface area contributed by atoms with Crippen molar-refractivity contribution in [3.63, 3.8) is 0 Å². The van der Waals surface area contributed by atoms with Crippen LogP contribution in [0.25, 0.3) is 0 Å². The molecule has 4 rings (SSSR count). The lowest BCUT2D eigenvalue weighted by Gasteiger charge is -2.38. The van der Waals surface area contributed by atoms with Crippen LogP contribution in [0.4, 0.5) is 5.69 Å². The predicted molar refractivity (Wildman–Crippen MR) is 118 cm³/mol. The summed E-state index contributed by atoms with van der Waals surface area (Å²) in [6, 6.07) is 12.5. The van der Waals surface area contributed by atoms with E-state index in [0.29, 0.717) is 6.54 Å². The summed E-state index contributed by atoms with van der Waals surface area (Å²) in [7, 11) is 1.69. The van der Waals surface area contributed by atoms with Crippen molar-refractivity contribution in [2.45, 2.75) is 6.54 Å². The van der Waals surface area contributed by atoms with Gasteiger partial charge in [0.2, 0.25) is 5.91 Å². The number of methoxy groups -OCH3 is 1. The van der Waals surface area contributed by atoms with E-state index in [4.69, 9.17) is 4.74 Å². The largest absolute Gasteiger partial charge is 0.497 e. The lowest BCUT2D eigenvalue weighted by Crippen LogP contribution is -2.53. The molecule has 6 nitrogen and oxygen atoms in total. The van der Waals surface area contributed by atoms with Gasteiger partial charge in [0.15, 0.2) is 0 Å². The van der Waals surface area contributed by atoms with E-state index in [0.717, 1.165) is 64.7 Å². The van der Waals surface area contributed by atoms with E-state index in [1.54, 1.807) is 7.11 Å². The molecule has 0 aliphatic carbocycles. The SMILES string of the molecule is COc1ccc(N2CCN(CC(=O)N3CCN(Cc4cccs4)CC3)CC2)cc1. The number of ether oxygens (including phenoxy) is 1. The van der Waals surface area contributed by atoms with Crippen molar-refractivity contribution < 1.29 is 9.53 Å². The molecule has 0 spiro atoms. The Hall–Kier alpha value is -2.09. The van der Waals surface area contributed by atoms with Crippen molar-refractivity contribution in [2.75, 3.05) is 70.9 Å². The van der Waals surface area contributed by atoms with Crippen molar-refractivity contribution in [3.8, 4) is 5.75 Å². The standard InChI is InChI=1S/C22H30N4O2S/c1-28-20-6-4-19(5-7-20)25-12-8-24(9-13-25)18-22(27)26-14-10-23(11-15-26)17-21-3-2-16-29-21/h2-7,16H,8-15,17-18H2,1H3. The first-order valence-electron chi connectivity index (χ1n) is 10.3. The van der Waals surface area contributed by atoms with Crippen LogP contribution in [0.2, 0.25) is 0 Å². The van der Waals surface area contributed by atoms with Crippen molar-refractivity contribution >= 4 is 22.9 Å². The molecule has 0 atom stereocenters. The summed E-state index contributed by atoms with van der Waals surface area (Å²) in [6.07, 6.45) is 0. The van der Waals surface area contributed by atoms with Gasteiger partial charge in [0, 0.05) is 69.5 Å². The maximum absolute atomic E-state index is 12.8. The van der Waals surface area contributed by atoms with Crippen LogP contribution in [0.1, 0.15) is 4.88 Å². The van der Waals surface area contributed by atoms with Gasteiger partial charge < -0.3 is 14.5 Å². The molecule has 0 bridgehead atoms. The van der Waals surface area contributed by atoms with Gasteiger partial charge in [-0.25, -0.2) is 0 Å². The number of rotatable bonds is 6. The van der Waals surface area contributed by atoms with Crippen molar-refractivity contribution in [1.82, 2.24) is 14.7 Å². The van der Waals surface area contributed by atoms with Crippen LogP contribution in [-0.4, -0.2) is 86.6 Å². The van der Waals surface area contributed by atoms with Gasteiger partial charge in [-0.1, -0.05) is 6.07 Å². The Labute approximate surface area is 177 Å². The zero-order valence-corrected chi connectivity index (χ0v) is 17.9. The number of carbonyl (C=O) groups is 1. The molecule has 3 heterocycles. The third-order valence-electron chi connectivity index (χ3n) is 5.85. The predicted octanol–water partition coefficient (Wildman–Crippen LogP) is 2.22. The van der Waals surface area contributed by atoms with Gasteiger partial charge in [0.25, 0.3) is 0 Å². The molecule has 2 fully saturated rings. The molecule has 0 radical (unpaired) electrons. The monoisotopic (exact) mass is 414 g/mol. The van der Waals surface area contributed by atoms with Crippen LogP contribution in [0.15, 0.2) is 41.8 Å². The Bertz CT molecular complexity index is 765. The van der Waals surface area contributed by atoms with Crippen LogP contribution in [0.5, 0.6) is 5.75 Å². The van der Waals surface area contributed by atoms with E-state index in [9.17, 15) is 4.79 Å². The molecule has 2 aromatic rings. The summed E-state index contributed by atoms with van der Waals surface area (Å²) in [5.74, 6) is 1.16. The van der Waals surface area contributed by atoms with Crippen LogP contribution in [-0.2, 0) is 11.3 Å². The number of thiophene rings is 1. The number of piperazine rings is 2. The average Bonchev–Trinajstić information content (AvgIpc) is 3.28. The minimum atomic E-state index is 0.277. The Morgan fingerprint density at radius 1 is 0.931 bits per heavy atom. The minimum absolute atomic E-state index is 0.277. The normalized spacial score (nSPS) is 18.8. The zero-order valence-electron chi connectivity index (χ0n) is 17.1. The lowest BCUT2D eigenvalue weighted by atomic mass is 10.2. The van der Waals surface area contributed by atoms with E-state index in [-0.39, 0.29) is 5.91 Å². The molecule has 2 aliphatic rings. The number of anilines is 1. The molecule has 1 amide bonds.